The minimum absolute atomic E-state index is 0.0164. The summed E-state index contributed by atoms with van der Waals surface area (Å²) >= 11 is 0. The van der Waals surface area contributed by atoms with Gasteiger partial charge in [0.15, 0.2) is 0 Å². The first-order chi connectivity index (χ1) is 9.79. The molecule has 20 heavy (non-hydrogen) atoms. The van der Waals surface area contributed by atoms with E-state index in [2.05, 4.69) is 9.88 Å². The van der Waals surface area contributed by atoms with E-state index < -0.39 is 0 Å². The second-order valence-corrected chi connectivity index (χ2v) is 6.80. The number of piperidine rings is 1. The molecule has 2 saturated carbocycles. The number of aromatic nitrogens is 2. The molecule has 2 atom stereocenters. The van der Waals surface area contributed by atoms with Crippen LogP contribution in [0.25, 0.3) is 0 Å². The van der Waals surface area contributed by atoms with Gasteiger partial charge < -0.3 is 9.88 Å². The number of nitrogens with one attached hydrogen (secondary N) is 1. The summed E-state index contributed by atoms with van der Waals surface area (Å²) in [6.45, 7) is 2.17. The number of aromatic amines is 1. The summed E-state index contributed by atoms with van der Waals surface area (Å²) in [5.41, 5.74) is 0.0164. The Kier molecular flexibility index (Phi) is 3.04. The molecule has 2 heterocycles. The third kappa shape index (κ3) is 2.36. The fourth-order valence-electron chi connectivity index (χ4n) is 3.98. The summed E-state index contributed by atoms with van der Waals surface area (Å²) in [4.78, 5) is 21.8. The monoisotopic (exact) mass is 273 g/mol. The van der Waals surface area contributed by atoms with Crippen LogP contribution in [0.5, 0.6) is 0 Å². The van der Waals surface area contributed by atoms with Crippen molar-refractivity contribution >= 4 is 5.82 Å². The van der Waals surface area contributed by atoms with E-state index >= 15 is 0 Å². The summed E-state index contributed by atoms with van der Waals surface area (Å²) < 4.78 is 0. The van der Waals surface area contributed by atoms with Gasteiger partial charge in [-0.1, -0.05) is 19.3 Å². The molecule has 4 heteroatoms. The van der Waals surface area contributed by atoms with Gasteiger partial charge >= 0.3 is 0 Å². The van der Waals surface area contributed by atoms with Crippen LogP contribution >= 0.6 is 0 Å². The molecular formula is C16H23N3O. The molecular weight excluding hydrogens is 250 g/mol. The van der Waals surface area contributed by atoms with E-state index in [-0.39, 0.29) is 5.56 Å². The number of anilines is 1. The quantitative estimate of drug-likeness (QED) is 0.901. The van der Waals surface area contributed by atoms with Crippen LogP contribution in [0.2, 0.25) is 0 Å². The van der Waals surface area contributed by atoms with Crippen molar-refractivity contribution in [2.45, 2.75) is 50.9 Å². The molecule has 2 aliphatic carbocycles. The largest absolute Gasteiger partial charge is 0.356 e. The fourth-order valence-corrected chi connectivity index (χ4v) is 3.98. The minimum Gasteiger partial charge on any atom is -0.356 e. The molecule has 0 spiro atoms. The van der Waals surface area contributed by atoms with Gasteiger partial charge in [0, 0.05) is 25.1 Å². The summed E-state index contributed by atoms with van der Waals surface area (Å²) in [6, 6.07) is 1.69. The number of rotatable bonds is 2. The van der Waals surface area contributed by atoms with E-state index in [4.69, 9.17) is 4.98 Å². The van der Waals surface area contributed by atoms with Crippen LogP contribution in [0.1, 0.15) is 56.7 Å². The minimum atomic E-state index is 0.0164. The van der Waals surface area contributed by atoms with Crippen LogP contribution in [-0.4, -0.2) is 23.1 Å². The number of hydrogen-bond donors (Lipinski definition) is 1. The Bertz CT molecular complexity index is 549. The van der Waals surface area contributed by atoms with Gasteiger partial charge in [-0.2, -0.15) is 0 Å². The van der Waals surface area contributed by atoms with Gasteiger partial charge in [-0.3, -0.25) is 4.79 Å². The van der Waals surface area contributed by atoms with Gasteiger partial charge in [0.25, 0.3) is 5.56 Å². The molecule has 4 rings (SSSR count). The van der Waals surface area contributed by atoms with Gasteiger partial charge in [-0.25, -0.2) is 4.98 Å². The lowest BCUT2D eigenvalue weighted by Gasteiger charge is -2.41. The van der Waals surface area contributed by atoms with E-state index in [0.717, 1.165) is 36.6 Å². The maximum absolute atomic E-state index is 11.8. The van der Waals surface area contributed by atoms with Crippen LogP contribution in [-0.2, 0) is 0 Å². The first kappa shape index (κ1) is 12.4. The zero-order valence-electron chi connectivity index (χ0n) is 12.0. The molecule has 1 aromatic heterocycles. The zero-order chi connectivity index (χ0) is 13.5. The van der Waals surface area contributed by atoms with Crippen molar-refractivity contribution in [1.82, 2.24) is 9.97 Å². The van der Waals surface area contributed by atoms with Crippen LogP contribution in [0.3, 0.4) is 0 Å². The van der Waals surface area contributed by atoms with Gasteiger partial charge in [0.05, 0.1) is 0 Å². The molecule has 3 fully saturated rings. The zero-order valence-corrected chi connectivity index (χ0v) is 12.0. The first-order valence-corrected chi connectivity index (χ1v) is 8.16. The summed E-state index contributed by atoms with van der Waals surface area (Å²) in [7, 11) is 0. The molecule has 0 amide bonds. The predicted octanol–water partition coefficient (Wildman–Crippen LogP) is 2.66. The smallest absolute Gasteiger partial charge is 0.252 e. The molecule has 0 bridgehead atoms. The Morgan fingerprint density at radius 2 is 1.90 bits per heavy atom. The maximum atomic E-state index is 11.8. The topological polar surface area (TPSA) is 49.0 Å². The van der Waals surface area contributed by atoms with Crippen molar-refractivity contribution < 1.29 is 0 Å². The summed E-state index contributed by atoms with van der Waals surface area (Å²) in [6.07, 6.45) is 9.20. The van der Waals surface area contributed by atoms with Crippen molar-refractivity contribution in [3.8, 4) is 0 Å². The van der Waals surface area contributed by atoms with Crippen molar-refractivity contribution in [3.05, 3.63) is 22.2 Å². The number of fused-ring (bicyclic) bond motifs is 1. The van der Waals surface area contributed by atoms with Gasteiger partial charge in [-0.05, 0) is 37.5 Å². The highest BCUT2D eigenvalue weighted by molar-refractivity contribution is 5.39. The average molecular weight is 273 g/mol. The normalized spacial score (nSPS) is 30.1. The molecule has 4 nitrogen and oxygen atoms in total. The fraction of sp³-hybridized carbons (Fsp3) is 0.750. The van der Waals surface area contributed by atoms with Crippen LogP contribution < -0.4 is 10.5 Å². The van der Waals surface area contributed by atoms with E-state index in [1.807, 2.05) is 0 Å². The van der Waals surface area contributed by atoms with Gasteiger partial charge in [0.2, 0.25) is 0 Å². The standard InChI is InChI=1S/C16H23N3O/c20-15-9-14(17-16(18-15)12-5-6-12)19-8-7-11-3-1-2-4-13(11)10-19/h9,11-13H,1-8,10H2,(H,17,18,20). The highest BCUT2D eigenvalue weighted by atomic mass is 16.1. The summed E-state index contributed by atoms with van der Waals surface area (Å²) in [5, 5.41) is 0. The number of H-pyrrole nitrogens is 1. The Balaban J connectivity index is 1.56. The lowest BCUT2D eigenvalue weighted by Crippen LogP contribution is -2.42. The Labute approximate surface area is 119 Å². The van der Waals surface area contributed by atoms with E-state index in [9.17, 15) is 4.79 Å². The van der Waals surface area contributed by atoms with Crippen LogP contribution in [0.4, 0.5) is 5.82 Å². The lowest BCUT2D eigenvalue weighted by atomic mass is 9.75. The first-order valence-electron chi connectivity index (χ1n) is 8.16. The third-order valence-corrected chi connectivity index (χ3v) is 5.33. The molecule has 1 N–H and O–H groups in total. The van der Waals surface area contributed by atoms with Crippen LogP contribution in [0, 0.1) is 11.8 Å². The third-order valence-electron chi connectivity index (χ3n) is 5.33. The molecule has 1 saturated heterocycles. The second-order valence-electron chi connectivity index (χ2n) is 6.80. The Morgan fingerprint density at radius 1 is 1.10 bits per heavy atom. The molecule has 2 unspecified atom stereocenters. The Hall–Kier alpha value is -1.32. The van der Waals surface area contributed by atoms with E-state index in [1.54, 1.807) is 6.07 Å². The van der Waals surface area contributed by atoms with Gasteiger partial charge in [-0.15, -0.1) is 0 Å². The van der Waals surface area contributed by atoms with Gasteiger partial charge in [0.1, 0.15) is 11.6 Å². The van der Waals surface area contributed by atoms with Crippen LogP contribution in [0.15, 0.2) is 10.9 Å². The molecule has 3 aliphatic rings. The molecule has 0 radical (unpaired) electrons. The number of nitrogens with zero attached hydrogens (tertiary/aromatic N) is 2. The van der Waals surface area contributed by atoms with Crippen molar-refractivity contribution in [1.29, 1.82) is 0 Å². The average Bonchev–Trinajstić information content (AvgIpc) is 3.31. The van der Waals surface area contributed by atoms with E-state index in [1.165, 1.54) is 44.9 Å². The highest BCUT2D eigenvalue weighted by Crippen LogP contribution is 2.39. The van der Waals surface area contributed by atoms with E-state index in [0.29, 0.717) is 5.92 Å². The highest BCUT2D eigenvalue weighted by Gasteiger charge is 2.32. The predicted molar refractivity (Wildman–Crippen MR) is 79.1 cm³/mol. The maximum Gasteiger partial charge on any atom is 0.252 e. The second kappa shape index (κ2) is 4.90. The van der Waals surface area contributed by atoms with Crippen molar-refractivity contribution in [3.63, 3.8) is 0 Å². The summed E-state index contributed by atoms with van der Waals surface area (Å²) in [5.74, 6) is 4.08. The SMILES string of the molecule is O=c1cc(N2CCC3CCCCC3C2)nc(C2CC2)[nH]1. The number of hydrogen-bond acceptors (Lipinski definition) is 3. The molecule has 1 aromatic rings. The lowest BCUT2D eigenvalue weighted by molar-refractivity contribution is 0.202. The Morgan fingerprint density at radius 3 is 2.70 bits per heavy atom. The molecule has 1 aliphatic heterocycles. The molecule has 108 valence electrons. The van der Waals surface area contributed by atoms with Crippen molar-refractivity contribution in [2.75, 3.05) is 18.0 Å². The molecule has 0 aromatic carbocycles. The van der Waals surface area contributed by atoms with Crippen molar-refractivity contribution in [2.24, 2.45) is 11.8 Å².